The molecule has 0 radical (unpaired) electrons. The summed E-state index contributed by atoms with van der Waals surface area (Å²) in [5, 5.41) is 12.9. The highest BCUT2D eigenvalue weighted by Gasteiger charge is 2.23. The monoisotopic (exact) mass is 268 g/mol. The molecule has 7 heteroatoms. The van der Waals surface area contributed by atoms with Crippen molar-refractivity contribution >= 4 is 11.7 Å². The highest BCUT2D eigenvalue weighted by Crippen LogP contribution is 2.13. The summed E-state index contributed by atoms with van der Waals surface area (Å²) in [7, 11) is 0. The standard InChI is InChI=1S/C12H20N4O3/c1-8(2)15-3-4-19-9(5-15)6-16-7-10(13)11(14-16)12(17)18/h7-9H,3-6,13H2,1-2H3,(H,17,18). The van der Waals surface area contributed by atoms with E-state index in [9.17, 15) is 4.79 Å². The molecular formula is C12H20N4O3. The summed E-state index contributed by atoms with van der Waals surface area (Å²) in [6.45, 7) is 7.25. The van der Waals surface area contributed by atoms with E-state index < -0.39 is 5.97 Å². The minimum atomic E-state index is -1.11. The first kappa shape index (κ1) is 13.8. The molecule has 1 aliphatic heterocycles. The average Bonchev–Trinajstić information content (AvgIpc) is 2.70. The Morgan fingerprint density at radius 1 is 1.68 bits per heavy atom. The lowest BCUT2D eigenvalue weighted by atomic mass is 10.2. The van der Waals surface area contributed by atoms with E-state index in [-0.39, 0.29) is 17.5 Å². The fourth-order valence-corrected chi connectivity index (χ4v) is 2.23. The van der Waals surface area contributed by atoms with Crippen LogP contribution < -0.4 is 5.73 Å². The number of nitrogens with zero attached hydrogens (tertiary/aromatic N) is 3. The number of nitrogens with two attached hydrogens (primary N) is 1. The third kappa shape index (κ3) is 3.24. The van der Waals surface area contributed by atoms with Gasteiger partial charge in [-0.05, 0) is 13.8 Å². The maximum absolute atomic E-state index is 10.9. The molecule has 19 heavy (non-hydrogen) atoms. The summed E-state index contributed by atoms with van der Waals surface area (Å²) < 4.78 is 7.23. The second kappa shape index (κ2) is 5.58. The molecule has 2 heterocycles. The third-order valence-corrected chi connectivity index (χ3v) is 3.28. The normalized spacial score (nSPS) is 20.9. The second-order valence-corrected chi connectivity index (χ2v) is 5.04. The number of carbonyl (C=O) groups is 1. The number of rotatable bonds is 4. The zero-order valence-corrected chi connectivity index (χ0v) is 11.2. The van der Waals surface area contributed by atoms with Crippen molar-refractivity contribution in [1.29, 1.82) is 0 Å². The topological polar surface area (TPSA) is 93.6 Å². The number of carboxylic acids is 1. The first-order valence-corrected chi connectivity index (χ1v) is 6.39. The van der Waals surface area contributed by atoms with Crippen LogP contribution >= 0.6 is 0 Å². The van der Waals surface area contributed by atoms with Crippen molar-refractivity contribution in [3.8, 4) is 0 Å². The molecule has 0 aliphatic carbocycles. The molecule has 1 aromatic heterocycles. The Kier molecular flexibility index (Phi) is 4.06. The molecule has 0 bridgehead atoms. The molecule has 1 atom stereocenters. The van der Waals surface area contributed by atoms with E-state index in [1.54, 1.807) is 10.9 Å². The highest BCUT2D eigenvalue weighted by molar-refractivity contribution is 5.91. The number of morpholine rings is 1. The summed E-state index contributed by atoms with van der Waals surface area (Å²) in [5.41, 5.74) is 5.69. The van der Waals surface area contributed by atoms with Gasteiger partial charge in [0.1, 0.15) is 0 Å². The smallest absolute Gasteiger partial charge is 0.358 e. The number of hydrogen-bond donors (Lipinski definition) is 2. The van der Waals surface area contributed by atoms with Gasteiger partial charge < -0.3 is 15.6 Å². The van der Waals surface area contributed by atoms with Crippen molar-refractivity contribution in [2.24, 2.45) is 0 Å². The molecule has 2 rings (SSSR count). The quantitative estimate of drug-likeness (QED) is 0.814. The van der Waals surface area contributed by atoms with Crippen molar-refractivity contribution in [1.82, 2.24) is 14.7 Å². The SMILES string of the molecule is CC(C)N1CCOC(Cn2cc(N)c(C(=O)O)n2)C1. The van der Waals surface area contributed by atoms with Crippen LogP contribution in [0.2, 0.25) is 0 Å². The number of hydrogen-bond acceptors (Lipinski definition) is 5. The lowest BCUT2D eigenvalue weighted by Gasteiger charge is -2.35. The van der Waals surface area contributed by atoms with Crippen LogP contribution in [0.3, 0.4) is 0 Å². The zero-order chi connectivity index (χ0) is 14.0. The summed E-state index contributed by atoms with van der Waals surface area (Å²) in [4.78, 5) is 13.2. The number of nitrogen functional groups attached to an aromatic ring is 1. The van der Waals surface area contributed by atoms with Crippen LogP contribution in [0, 0.1) is 0 Å². The van der Waals surface area contributed by atoms with Crippen LogP contribution in [0.1, 0.15) is 24.3 Å². The van der Waals surface area contributed by atoms with Gasteiger partial charge in [0.15, 0.2) is 5.69 Å². The fourth-order valence-electron chi connectivity index (χ4n) is 2.23. The molecule has 7 nitrogen and oxygen atoms in total. The highest BCUT2D eigenvalue weighted by atomic mass is 16.5. The maximum Gasteiger partial charge on any atom is 0.358 e. The Labute approximate surface area is 111 Å². The molecule has 1 aromatic rings. The third-order valence-electron chi connectivity index (χ3n) is 3.28. The Hall–Kier alpha value is -1.60. The van der Waals surface area contributed by atoms with E-state index in [2.05, 4.69) is 23.8 Å². The maximum atomic E-state index is 10.9. The van der Waals surface area contributed by atoms with Gasteiger partial charge in [-0.25, -0.2) is 4.79 Å². The predicted octanol–water partition coefficient (Wildman–Crippen LogP) is 0.273. The average molecular weight is 268 g/mol. The Balaban J connectivity index is 2.01. The molecule has 0 amide bonds. The molecule has 1 fully saturated rings. The van der Waals surface area contributed by atoms with Crippen LogP contribution in [0.5, 0.6) is 0 Å². The van der Waals surface area contributed by atoms with Crippen LogP contribution in [-0.2, 0) is 11.3 Å². The van der Waals surface area contributed by atoms with Crippen molar-refractivity contribution in [2.45, 2.75) is 32.5 Å². The minimum absolute atomic E-state index is 0.0112. The van der Waals surface area contributed by atoms with Gasteiger partial charge in [-0.2, -0.15) is 5.10 Å². The Bertz CT molecular complexity index is 458. The van der Waals surface area contributed by atoms with Crippen molar-refractivity contribution in [2.75, 3.05) is 25.4 Å². The van der Waals surface area contributed by atoms with Gasteiger partial charge in [-0.3, -0.25) is 9.58 Å². The minimum Gasteiger partial charge on any atom is -0.476 e. The summed E-state index contributed by atoms with van der Waals surface area (Å²) in [6, 6.07) is 0.476. The van der Waals surface area contributed by atoms with Crippen LogP contribution in [0.15, 0.2) is 6.20 Å². The van der Waals surface area contributed by atoms with E-state index in [0.29, 0.717) is 19.2 Å². The van der Waals surface area contributed by atoms with E-state index in [1.807, 2.05) is 0 Å². The largest absolute Gasteiger partial charge is 0.476 e. The number of carboxylic acid groups (broad SMARTS) is 1. The summed E-state index contributed by atoms with van der Waals surface area (Å²) in [5.74, 6) is -1.11. The lowest BCUT2D eigenvalue weighted by Crippen LogP contribution is -2.47. The first-order chi connectivity index (χ1) is 8.97. The van der Waals surface area contributed by atoms with Gasteiger partial charge >= 0.3 is 5.97 Å². The van der Waals surface area contributed by atoms with Gasteiger partial charge in [0.05, 0.1) is 24.9 Å². The predicted molar refractivity (Wildman–Crippen MR) is 70.0 cm³/mol. The molecule has 0 saturated carbocycles. The van der Waals surface area contributed by atoms with Crippen LogP contribution in [0.25, 0.3) is 0 Å². The summed E-state index contributed by atoms with van der Waals surface area (Å²) >= 11 is 0. The molecular weight excluding hydrogens is 248 g/mol. The number of aromatic nitrogens is 2. The van der Waals surface area contributed by atoms with Crippen molar-refractivity contribution in [3.05, 3.63) is 11.9 Å². The van der Waals surface area contributed by atoms with Gasteiger partial charge in [0.25, 0.3) is 0 Å². The van der Waals surface area contributed by atoms with E-state index in [1.165, 1.54) is 0 Å². The molecule has 3 N–H and O–H groups in total. The number of ether oxygens (including phenoxy) is 1. The molecule has 106 valence electrons. The van der Waals surface area contributed by atoms with Gasteiger partial charge in [0, 0.05) is 25.3 Å². The van der Waals surface area contributed by atoms with Gasteiger partial charge in [-0.15, -0.1) is 0 Å². The van der Waals surface area contributed by atoms with Crippen LogP contribution in [-0.4, -0.2) is 57.6 Å². The van der Waals surface area contributed by atoms with E-state index in [4.69, 9.17) is 15.6 Å². The molecule has 1 saturated heterocycles. The second-order valence-electron chi connectivity index (χ2n) is 5.04. The molecule has 0 aromatic carbocycles. The number of anilines is 1. The summed E-state index contributed by atoms with van der Waals surface area (Å²) in [6.07, 6.45) is 1.55. The van der Waals surface area contributed by atoms with Crippen molar-refractivity contribution in [3.63, 3.8) is 0 Å². The van der Waals surface area contributed by atoms with E-state index >= 15 is 0 Å². The molecule has 1 aliphatic rings. The molecule has 1 unspecified atom stereocenters. The zero-order valence-electron chi connectivity index (χ0n) is 11.2. The Morgan fingerprint density at radius 3 is 3.00 bits per heavy atom. The first-order valence-electron chi connectivity index (χ1n) is 6.39. The fraction of sp³-hybridized carbons (Fsp3) is 0.667. The lowest BCUT2D eigenvalue weighted by molar-refractivity contribution is -0.0470. The Morgan fingerprint density at radius 2 is 2.42 bits per heavy atom. The molecule has 0 spiro atoms. The number of aromatic carboxylic acids is 1. The van der Waals surface area contributed by atoms with E-state index in [0.717, 1.165) is 13.1 Å². The van der Waals surface area contributed by atoms with Gasteiger partial charge in [0.2, 0.25) is 0 Å². The van der Waals surface area contributed by atoms with Crippen molar-refractivity contribution < 1.29 is 14.6 Å². The van der Waals surface area contributed by atoms with Gasteiger partial charge in [-0.1, -0.05) is 0 Å². The van der Waals surface area contributed by atoms with Crippen LogP contribution in [0.4, 0.5) is 5.69 Å².